The number of primary sulfonamides is 1. The van der Waals surface area contributed by atoms with Crippen LogP contribution in [0.15, 0.2) is 35.6 Å². The normalized spacial score (nSPS) is 12.6. The van der Waals surface area contributed by atoms with Gasteiger partial charge < -0.3 is 0 Å². The molecule has 0 unspecified atom stereocenters. The van der Waals surface area contributed by atoms with Crippen LogP contribution in [0.1, 0.15) is 5.56 Å². The Balaban J connectivity index is 2.46. The van der Waals surface area contributed by atoms with E-state index in [1.807, 2.05) is 0 Å². The molecule has 19 heavy (non-hydrogen) atoms. The van der Waals surface area contributed by atoms with Crippen LogP contribution in [-0.2, 0) is 16.2 Å². The Morgan fingerprint density at radius 1 is 1.32 bits per heavy atom. The number of hydrogen-bond donors (Lipinski definition) is 1. The Morgan fingerprint density at radius 3 is 2.53 bits per heavy atom. The van der Waals surface area contributed by atoms with Crippen LogP contribution < -0.4 is 5.14 Å². The topological polar surface area (TPSA) is 90.9 Å². The quantitative estimate of drug-likeness (QED) is 0.891. The van der Waals surface area contributed by atoms with Crippen LogP contribution in [0.3, 0.4) is 0 Å². The zero-order chi connectivity index (χ0) is 14.3. The van der Waals surface area contributed by atoms with E-state index in [1.54, 1.807) is 0 Å². The van der Waals surface area contributed by atoms with Crippen LogP contribution >= 0.6 is 0 Å². The number of nitrogens with two attached hydrogens (primary N) is 1. The third-order valence-electron chi connectivity index (χ3n) is 2.19. The smallest absolute Gasteiger partial charge is 0.237 e. The van der Waals surface area contributed by atoms with Gasteiger partial charge in [0.15, 0.2) is 5.82 Å². The molecule has 0 aliphatic heterocycles. The number of pyridine rings is 1. The first-order valence-corrected chi connectivity index (χ1v) is 6.33. The highest BCUT2D eigenvalue weighted by Crippen LogP contribution is 2.29. The predicted octanol–water partition coefficient (Wildman–Crippen LogP) is 0.934. The molecule has 0 aliphatic carbocycles. The average molecular weight is 292 g/mol. The minimum atomic E-state index is -4.52. The highest BCUT2D eigenvalue weighted by Gasteiger charge is 2.31. The summed E-state index contributed by atoms with van der Waals surface area (Å²) < 4.78 is 60.5. The molecule has 10 heteroatoms. The molecule has 0 spiro atoms. The molecule has 102 valence electrons. The van der Waals surface area contributed by atoms with Gasteiger partial charge in [-0.25, -0.2) is 23.2 Å². The fourth-order valence-electron chi connectivity index (χ4n) is 1.30. The second kappa shape index (κ2) is 4.31. The van der Waals surface area contributed by atoms with Gasteiger partial charge in [0.1, 0.15) is 4.90 Å². The molecule has 0 saturated heterocycles. The van der Waals surface area contributed by atoms with E-state index >= 15 is 0 Å². The number of aromatic nitrogens is 3. The molecule has 0 amide bonds. The van der Waals surface area contributed by atoms with Gasteiger partial charge in [-0.3, -0.25) is 0 Å². The van der Waals surface area contributed by atoms with Crippen LogP contribution in [0.5, 0.6) is 0 Å². The van der Waals surface area contributed by atoms with Gasteiger partial charge >= 0.3 is 6.18 Å². The Bertz CT molecular complexity index is 708. The van der Waals surface area contributed by atoms with Gasteiger partial charge in [0.25, 0.3) is 0 Å². The predicted molar refractivity (Wildman–Crippen MR) is 57.7 cm³/mol. The monoisotopic (exact) mass is 292 g/mol. The summed E-state index contributed by atoms with van der Waals surface area (Å²) in [6.45, 7) is 0. The van der Waals surface area contributed by atoms with E-state index in [0.29, 0.717) is 0 Å². The maximum absolute atomic E-state index is 12.5. The summed E-state index contributed by atoms with van der Waals surface area (Å²) in [5.74, 6) is -0.162. The van der Waals surface area contributed by atoms with Crippen molar-refractivity contribution >= 4 is 10.0 Å². The molecule has 0 radical (unpaired) electrons. The molecule has 0 saturated carbocycles. The van der Waals surface area contributed by atoms with Gasteiger partial charge in [-0.05, 0) is 12.1 Å². The van der Waals surface area contributed by atoms with Crippen LogP contribution in [0.25, 0.3) is 5.82 Å². The van der Waals surface area contributed by atoms with Crippen molar-refractivity contribution in [1.82, 2.24) is 14.8 Å². The maximum Gasteiger partial charge on any atom is 0.416 e. The highest BCUT2D eigenvalue weighted by atomic mass is 32.2. The van der Waals surface area contributed by atoms with E-state index < -0.39 is 21.8 Å². The third-order valence-corrected chi connectivity index (χ3v) is 3.06. The molecule has 2 heterocycles. The number of rotatable bonds is 2. The summed E-state index contributed by atoms with van der Waals surface area (Å²) in [5.41, 5.74) is -0.912. The first kappa shape index (κ1) is 13.5. The van der Waals surface area contributed by atoms with E-state index in [9.17, 15) is 21.6 Å². The van der Waals surface area contributed by atoms with Crippen molar-refractivity contribution < 1.29 is 21.6 Å². The Kier molecular flexibility index (Phi) is 3.06. The Hall–Kier alpha value is -1.94. The molecule has 2 aromatic heterocycles. The molecule has 0 aromatic carbocycles. The molecule has 0 atom stereocenters. The fraction of sp³-hybridized carbons (Fsp3) is 0.111. The standard InChI is InChI=1S/C9H7F3N4O2S/c10-9(11,12)6-1-2-14-8(3-6)16-5-7(4-15-16)19(13,17)18/h1-5H,(H2,13,17,18). The summed E-state index contributed by atoms with van der Waals surface area (Å²) in [6.07, 6.45) is -1.65. The van der Waals surface area contributed by atoms with Crippen molar-refractivity contribution in [2.75, 3.05) is 0 Å². The van der Waals surface area contributed by atoms with E-state index in [-0.39, 0.29) is 10.7 Å². The lowest BCUT2D eigenvalue weighted by Crippen LogP contribution is -2.11. The van der Waals surface area contributed by atoms with Crippen molar-refractivity contribution in [2.24, 2.45) is 5.14 Å². The molecular formula is C9H7F3N4O2S. The summed E-state index contributed by atoms with van der Waals surface area (Å²) in [4.78, 5) is 3.37. The summed E-state index contributed by atoms with van der Waals surface area (Å²) in [6, 6.07) is 1.55. The van der Waals surface area contributed by atoms with Gasteiger partial charge in [-0.2, -0.15) is 18.3 Å². The molecule has 6 nitrogen and oxygen atoms in total. The fourth-order valence-corrected chi connectivity index (χ4v) is 1.74. The van der Waals surface area contributed by atoms with Crippen molar-refractivity contribution in [3.63, 3.8) is 0 Å². The minimum absolute atomic E-state index is 0.162. The third kappa shape index (κ3) is 2.90. The number of alkyl halides is 3. The molecule has 2 N–H and O–H groups in total. The number of halogens is 3. The lowest BCUT2D eigenvalue weighted by molar-refractivity contribution is -0.137. The maximum atomic E-state index is 12.5. The number of nitrogens with zero attached hydrogens (tertiary/aromatic N) is 3. The molecule has 0 bridgehead atoms. The van der Waals surface area contributed by atoms with Crippen LogP contribution in [-0.4, -0.2) is 23.2 Å². The van der Waals surface area contributed by atoms with Gasteiger partial charge in [-0.1, -0.05) is 0 Å². The zero-order valence-corrected chi connectivity index (χ0v) is 9.98. The summed E-state index contributed by atoms with van der Waals surface area (Å²) in [5, 5.41) is 8.47. The highest BCUT2D eigenvalue weighted by molar-refractivity contribution is 7.89. The van der Waals surface area contributed by atoms with Crippen LogP contribution in [0.2, 0.25) is 0 Å². The lowest BCUT2D eigenvalue weighted by atomic mass is 10.2. The first-order valence-electron chi connectivity index (χ1n) is 4.79. The number of hydrogen-bond acceptors (Lipinski definition) is 4. The first-order chi connectivity index (χ1) is 8.68. The Morgan fingerprint density at radius 2 is 2.00 bits per heavy atom. The second-order valence-electron chi connectivity index (χ2n) is 3.57. The molecule has 0 fully saturated rings. The zero-order valence-electron chi connectivity index (χ0n) is 9.16. The van der Waals surface area contributed by atoms with Gasteiger partial charge in [0.2, 0.25) is 10.0 Å². The molecular weight excluding hydrogens is 285 g/mol. The average Bonchev–Trinajstić information content (AvgIpc) is 2.77. The second-order valence-corrected chi connectivity index (χ2v) is 5.13. The largest absolute Gasteiger partial charge is 0.416 e. The van der Waals surface area contributed by atoms with E-state index in [2.05, 4.69) is 10.1 Å². The van der Waals surface area contributed by atoms with E-state index in [0.717, 1.165) is 35.4 Å². The van der Waals surface area contributed by atoms with E-state index in [1.165, 1.54) is 0 Å². The van der Waals surface area contributed by atoms with Crippen LogP contribution in [0, 0.1) is 0 Å². The van der Waals surface area contributed by atoms with Crippen molar-refractivity contribution in [1.29, 1.82) is 0 Å². The molecule has 2 aromatic rings. The summed E-state index contributed by atoms with van der Waals surface area (Å²) >= 11 is 0. The molecule has 0 aliphatic rings. The minimum Gasteiger partial charge on any atom is -0.237 e. The molecule has 2 rings (SSSR count). The number of sulfonamides is 1. The van der Waals surface area contributed by atoms with Crippen LogP contribution in [0.4, 0.5) is 13.2 Å². The summed E-state index contributed by atoms with van der Waals surface area (Å²) in [7, 11) is -3.96. The Labute approximate surface area is 105 Å². The van der Waals surface area contributed by atoms with Gasteiger partial charge in [-0.15, -0.1) is 0 Å². The van der Waals surface area contributed by atoms with Gasteiger partial charge in [0.05, 0.1) is 18.0 Å². The SMILES string of the molecule is NS(=O)(=O)c1cnn(-c2cc(C(F)(F)F)ccn2)c1. The lowest BCUT2D eigenvalue weighted by Gasteiger charge is -2.07. The van der Waals surface area contributed by atoms with Crippen molar-refractivity contribution in [3.05, 3.63) is 36.3 Å². The van der Waals surface area contributed by atoms with Gasteiger partial charge in [0, 0.05) is 6.20 Å². The van der Waals surface area contributed by atoms with Crippen molar-refractivity contribution in [3.8, 4) is 5.82 Å². The van der Waals surface area contributed by atoms with E-state index in [4.69, 9.17) is 5.14 Å². The van der Waals surface area contributed by atoms with Crippen molar-refractivity contribution in [2.45, 2.75) is 11.1 Å².